The molecular formula is C66H85F2N11O10. The summed E-state index contributed by atoms with van der Waals surface area (Å²) in [6.45, 7) is 20.6. The van der Waals surface area contributed by atoms with Gasteiger partial charge in [-0.25, -0.2) is 38.1 Å². The summed E-state index contributed by atoms with van der Waals surface area (Å²) in [7, 11) is 2.87. The maximum atomic E-state index is 14.9. The number of ether oxygens (including phenoxy) is 2. The van der Waals surface area contributed by atoms with Crippen molar-refractivity contribution in [2.75, 3.05) is 33.7 Å². The maximum Gasteiger partial charge on any atom is 0.410 e. The molecule has 4 N–H and O–H groups in total. The second-order valence-electron chi connectivity index (χ2n) is 25.3. The fraction of sp³-hybridized carbons (Fsp3) is 0.485. The fourth-order valence-corrected chi connectivity index (χ4v) is 10.8. The first-order valence-electron chi connectivity index (χ1n) is 30.1. The highest BCUT2D eigenvalue weighted by Gasteiger charge is 2.41. The van der Waals surface area contributed by atoms with Crippen LogP contribution in [0.1, 0.15) is 150 Å². The maximum absolute atomic E-state index is 14.9. The van der Waals surface area contributed by atoms with Gasteiger partial charge in [0.2, 0.25) is 11.8 Å². The molecule has 0 bridgehead atoms. The number of nitrogens with one attached hydrogen (secondary N) is 3. The molecule has 0 saturated carbocycles. The molecule has 0 radical (unpaired) electrons. The number of fused-ring (bicyclic) bond motifs is 3. The predicted octanol–water partition coefficient (Wildman–Crippen LogP) is 10.5. The molecule has 2 atom stereocenters. The van der Waals surface area contributed by atoms with Crippen LogP contribution in [0.2, 0.25) is 0 Å². The number of rotatable bonds is 14. The summed E-state index contributed by atoms with van der Waals surface area (Å²) >= 11 is 0. The van der Waals surface area contributed by atoms with E-state index in [-0.39, 0.29) is 43.1 Å². The number of ketones is 2. The van der Waals surface area contributed by atoms with Gasteiger partial charge in [-0.3, -0.25) is 19.2 Å². The molecule has 0 aliphatic carbocycles. The Kier molecular flexibility index (Phi) is 21.9. The van der Waals surface area contributed by atoms with Gasteiger partial charge in [0.15, 0.2) is 17.3 Å². The van der Waals surface area contributed by atoms with Crippen molar-refractivity contribution in [2.24, 2.45) is 11.8 Å². The van der Waals surface area contributed by atoms with Gasteiger partial charge in [0.25, 0.3) is 0 Å². The highest BCUT2D eigenvalue weighted by molar-refractivity contribution is 6.00. The molecule has 0 spiro atoms. The van der Waals surface area contributed by atoms with E-state index in [4.69, 9.17) is 9.47 Å². The number of alkyl halides is 2. The third-order valence-corrected chi connectivity index (χ3v) is 15.2. The van der Waals surface area contributed by atoms with Crippen LogP contribution in [-0.2, 0) is 58.3 Å². The number of carboxylic acids is 1. The van der Waals surface area contributed by atoms with Crippen LogP contribution in [0.3, 0.4) is 0 Å². The Balaban J connectivity index is 0.000000193. The third kappa shape index (κ3) is 17.4. The third-order valence-electron chi connectivity index (χ3n) is 15.2. The minimum absolute atomic E-state index is 0.0145. The molecule has 3 aliphatic heterocycles. The van der Waals surface area contributed by atoms with Gasteiger partial charge in [0.05, 0.1) is 42.0 Å². The molecule has 0 saturated heterocycles. The van der Waals surface area contributed by atoms with E-state index in [0.717, 1.165) is 47.7 Å². The Labute approximate surface area is 519 Å². The van der Waals surface area contributed by atoms with Crippen LogP contribution >= 0.6 is 0 Å². The lowest BCUT2D eigenvalue weighted by Crippen LogP contribution is -2.40. The molecule has 6 aromatic rings. The molecule has 23 heteroatoms. The van der Waals surface area contributed by atoms with Gasteiger partial charge in [-0.1, -0.05) is 91.0 Å². The van der Waals surface area contributed by atoms with Gasteiger partial charge in [0.1, 0.15) is 51.4 Å². The van der Waals surface area contributed by atoms with Gasteiger partial charge in [-0.05, 0) is 95.0 Å². The summed E-state index contributed by atoms with van der Waals surface area (Å²) in [5, 5.41) is 17.8. The lowest BCUT2D eigenvalue weighted by atomic mass is 9.86. The zero-order valence-electron chi connectivity index (χ0n) is 53.2. The first-order chi connectivity index (χ1) is 41.9. The summed E-state index contributed by atoms with van der Waals surface area (Å²) in [4.78, 5) is 105. The molecule has 3 aromatic heterocycles. The van der Waals surface area contributed by atoms with Crippen molar-refractivity contribution in [2.45, 2.75) is 163 Å². The molecule has 478 valence electrons. The normalized spacial score (nSPS) is 15.0. The standard InChI is InChI=1S/C26H35FN4O4.C21H27FN4O2.C19H23N3O4/c1-25(2,3)35-24(34)30-13-10-14-31-19(16-30)21(29-22(31)17-11-8-7-9-12-17)20(32)15-18(23(33)28-6)26(4,5)27;1-21(2,22)15(20(28)23-3)12-17(27)18-16-13-24-10-7-11-26(16)19(25-18)14-8-5-4-6-9-14;1-19(2,3)26-18(25)21-10-7-11-22-14(12-21)15(17(23)24)20-16(22)13-8-5-4-6-9-13/h7-9,11-12,18H,10,13-16H2,1-6H3,(H,28,33);4-6,8-9,15,24H,7,10-13H2,1-3H3,(H,23,28);4-6,8-9H,7,10-12H2,1-3H3,(H,23,24). The van der Waals surface area contributed by atoms with Gasteiger partial charge < -0.3 is 54.0 Å². The lowest BCUT2D eigenvalue weighted by Gasteiger charge is -2.26. The average Bonchev–Trinajstić information content (AvgIpc) is 3.58. The van der Waals surface area contributed by atoms with E-state index < -0.39 is 70.1 Å². The number of imidazole rings is 3. The zero-order valence-corrected chi connectivity index (χ0v) is 53.2. The summed E-state index contributed by atoms with van der Waals surface area (Å²) in [5.41, 5.74) is -0.0255. The van der Waals surface area contributed by atoms with Crippen molar-refractivity contribution >= 4 is 41.5 Å². The van der Waals surface area contributed by atoms with E-state index in [1.165, 1.54) is 41.8 Å². The van der Waals surface area contributed by atoms with Crippen LogP contribution in [-0.4, -0.2) is 141 Å². The summed E-state index contributed by atoms with van der Waals surface area (Å²) in [6, 6.07) is 28.7. The number of nitrogens with zero attached hydrogens (tertiary/aromatic N) is 8. The Morgan fingerprint density at radius 1 is 0.517 bits per heavy atom. The number of carboxylic acid groups (broad SMARTS) is 1. The van der Waals surface area contributed by atoms with Crippen molar-refractivity contribution in [3.8, 4) is 34.2 Å². The average molecular weight is 1230 g/mol. The molecular weight excluding hydrogens is 1140 g/mol. The van der Waals surface area contributed by atoms with E-state index in [1.807, 2.05) is 121 Å². The van der Waals surface area contributed by atoms with Crippen LogP contribution in [0, 0.1) is 11.8 Å². The largest absolute Gasteiger partial charge is 0.476 e. The first kappa shape index (κ1) is 67.9. The topological polar surface area (TPSA) is 254 Å². The molecule has 21 nitrogen and oxygen atoms in total. The number of carbonyl (C=O) groups excluding carboxylic acids is 6. The summed E-state index contributed by atoms with van der Waals surface area (Å²) in [6.07, 6.45) is 0.796. The van der Waals surface area contributed by atoms with Crippen molar-refractivity contribution in [1.29, 1.82) is 0 Å². The van der Waals surface area contributed by atoms with Crippen molar-refractivity contribution in [3.63, 3.8) is 0 Å². The van der Waals surface area contributed by atoms with E-state index in [2.05, 4.69) is 35.5 Å². The van der Waals surface area contributed by atoms with Gasteiger partial charge in [0, 0.05) is 82.9 Å². The smallest absolute Gasteiger partial charge is 0.410 e. The number of aromatic nitrogens is 6. The van der Waals surface area contributed by atoms with Gasteiger partial charge >= 0.3 is 18.2 Å². The minimum atomic E-state index is -1.91. The molecule has 3 aromatic carbocycles. The molecule has 6 heterocycles. The highest BCUT2D eigenvalue weighted by atomic mass is 19.1. The zero-order chi connectivity index (χ0) is 65.2. The lowest BCUT2D eigenvalue weighted by molar-refractivity contribution is -0.129. The van der Waals surface area contributed by atoms with E-state index in [0.29, 0.717) is 74.3 Å². The van der Waals surface area contributed by atoms with E-state index in [1.54, 1.807) is 30.6 Å². The second kappa shape index (κ2) is 28.7. The number of hydrogen-bond acceptors (Lipinski definition) is 13. The molecule has 89 heavy (non-hydrogen) atoms. The van der Waals surface area contributed by atoms with Crippen molar-refractivity contribution in [1.82, 2.24) is 54.4 Å². The Morgan fingerprint density at radius 3 is 1.20 bits per heavy atom. The summed E-state index contributed by atoms with van der Waals surface area (Å²) < 4.78 is 46.4. The number of carbonyl (C=O) groups is 7. The molecule has 0 fully saturated rings. The Morgan fingerprint density at radius 2 is 0.854 bits per heavy atom. The van der Waals surface area contributed by atoms with Crippen molar-refractivity contribution < 1.29 is 56.9 Å². The summed E-state index contributed by atoms with van der Waals surface area (Å²) in [5.74, 6) is -3.17. The fourth-order valence-electron chi connectivity index (χ4n) is 10.8. The van der Waals surface area contributed by atoms with Crippen LogP contribution in [0.5, 0.6) is 0 Å². The number of amides is 4. The molecule has 9 rings (SSSR count). The highest BCUT2D eigenvalue weighted by Crippen LogP contribution is 2.34. The quantitative estimate of drug-likeness (QED) is 0.0741. The predicted molar refractivity (Wildman–Crippen MR) is 332 cm³/mol. The van der Waals surface area contributed by atoms with Crippen LogP contribution in [0.15, 0.2) is 91.0 Å². The van der Waals surface area contributed by atoms with E-state index in [9.17, 15) is 47.4 Å². The van der Waals surface area contributed by atoms with Gasteiger partial charge in [-0.15, -0.1) is 0 Å². The SMILES string of the molecule is CC(C)(C)OC(=O)N1CCCn2c(-c3ccccc3)nc(C(=O)O)c2C1.CNC(=O)C(CC(=O)c1nc(-c2ccccc2)n2c1CN(C(=O)OC(C)(C)C)CCC2)C(C)(C)F.CNC(=O)C(CC(=O)c1nc(-c2ccccc2)n2c1CNCCC2)C(C)(C)F. The number of hydrogen-bond donors (Lipinski definition) is 4. The number of Topliss-reactive ketones (excluding diaryl/α,β-unsaturated/α-hetero) is 2. The Bertz CT molecular complexity index is 3480. The van der Waals surface area contributed by atoms with Gasteiger partial charge in [-0.2, -0.15) is 0 Å². The molecule has 2 unspecified atom stereocenters. The molecule has 3 aliphatic rings. The minimum Gasteiger partial charge on any atom is -0.476 e. The first-order valence-corrected chi connectivity index (χ1v) is 30.1. The number of aromatic carboxylic acids is 1. The molecule has 4 amide bonds. The van der Waals surface area contributed by atoms with E-state index >= 15 is 0 Å². The monoisotopic (exact) mass is 1230 g/mol. The number of halogens is 2. The Hall–Kier alpha value is -8.60. The second-order valence-corrected chi connectivity index (χ2v) is 25.3. The van der Waals surface area contributed by atoms with Crippen molar-refractivity contribution in [3.05, 3.63) is 125 Å². The van der Waals surface area contributed by atoms with Crippen LogP contribution in [0.4, 0.5) is 18.4 Å². The van der Waals surface area contributed by atoms with Crippen LogP contribution < -0.4 is 16.0 Å². The van der Waals surface area contributed by atoms with Crippen LogP contribution in [0.25, 0.3) is 34.2 Å². The number of benzene rings is 3.